The molecule has 1 aliphatic rings. The molecule has 0 amide bonds. The molecule has 1 aliphatic carbocycles. The summed E-state index contributed by atoms with van der Waals surface area (Å²) in [5, 5.41) is 0. The number of carbonyl (C=O) groups is 1. The van der Waals surface area contributed by atoms with Crippen LogP contribution in [-0.4, -0.2) is 11.6 Å². The van der Waals surface area contributed by atoms with Gasteiger partial charge in [-0.05, 0) is 26.7 Å². The lowest BCUT2D eigenvalue weighted by molar-refractivity contribution is -0.151. The number of hydrogen-bond donors (Lipinski definition) is 0. The van der Waals surface area contributed by atoms with Crippen LogP contribution in [0.4, 0.5) is 0 Å². The summed E-state index contributed by atoms with van der Waals surface area (Å²) in [6.07, 6.45) is 6.72. The molecule has 0 spiro atoms. The molecule has 1 saturated carbocycles. The number of carbonyl (C=O) groups excluding carboxylic acids is 1. The van der Waals surface area contributed by atoms with Crippen molar-refractivity contribution >= 4 is 5.97 Å². The molecule has 2 heteroatoms. The summed E-state index contributed by atoms with van der Waals surface area (Å²) < 4.78 is 5.27. The maximum atomic E-state index is 11.2. The van der Waals surface area contributed by atoms with Crippen molar-refractivity contribution in [1.29, 1.82) is 0 Å². The van der Waals surface area contributed by atoms with Crippen molar-refractivity contribution in [2.75, 3.05) is 0 Å². The molecule has 0 aromatic heterocycles. The van der Waals surface area contributed by atoms with Crippen molar-refractivity contribution in [1.82, 2.24) is 0 Å². The Balaban J connectivity index is 2.49. The molecule has 2 nitrogen and oxygen atoms in total. The first-order chi connectivity index (χ1) is 7.53. The van der Waals surface area contributed by atoms with Gasteiger partial charge in [0.25, 0.3) is 0 Å². The molecule has 0 atom stereocenters. The molecular weight excluding hydrogens is 200 g/mol. The SMILES string of the molecule is CCC(=O)OC(C)(C)C#CC1CCCCC1. The van der Waals surface area contributed by atoms with Gasteiger partial charge in [-0.3, -0.25) is 4.79 Å². The normalized spacial score (nSPS) is 17.4. The smallest absolute Gasteiger partial charge is 0.307 e. The van der Waals surface area contributed by atoms with E-state index in [4.69, 9.17) is 4.74 Å². The summed E-state index contributed by atoms with van der Waals surface area (Å²) in [5.41, 5.74) is -0.634. The van der Waals surface area contributed by atoms with Gasteiger partial charge in [0.1, 0.15) is 0 Å². The Morgan fingerprint density at radius 1 is 1.31 bits per heavy atom. The predicted octanol–water partition coefficient (Wildman–Crippen LogP) is 3.30. The Morgan fingerprint density at radius 2 is 1.94 bits per heavy atom. The highest BCUT2D eigenvalue weighted by molar-refractivity contribution is 5.69. The minimum Gasteiger partial charge on any atom is -0.446 e. The molecule has 1 fully saturated rings. The Bertz CT molecular complexity index is 288. The monoisotopic (exact) mass is 222 g/mol. The maximum Gasteiger partial charge on any atom is 0.307 e. The van der Waals surface area contributed by atoms with E-state index in [9.17, 15) is 4.79 Å². The van der Waals surface area contributed by atoms with Gasteiger partial charge < -0.3 is 4.74 Å². The third kappa shape index (κ3) is 4.70. The summed E-state index contributed by atoms with van der Waals surface area (Å²) in [7, 11) is 0. The second-order valence-corrected chi connectivity index (χ2v) is 4.94. The van der Waals surface area contributed by atoms with E-state index in [2.05, 4.69) is 11.8 Å². The summed E-state index contributed by atoms with van der Waals surface area (Å²) in [5.74, 6) is 6.69. The van der Waals surface area contributed by atoms with Crippen LogP contribution in [0.5, 0.6) is 0 Å². The highest BCUT2D eigenvalue weighted by Gasteiger charge is 2.19. The van der Waals surface area contributed by atoms with Gasteiger partial charge in [0, 0.05) is 12.3 Å². The van der Waals surface area contributed by atoms with Crippen molar-refractivity contribution in [3.63, 3.8) is 0 Å². The van der Waals surface area contributed by atoms with Crippen LogP contribution in [0.15, 0.2) is 0 Å². The maximum absolute atomic E-state index is 11.2. The van der Waals surface area contributed by atoms with Gasteiger partial charge in [-0.1, -0.05) is 38.0 Å². The second-order valence-electron chi connectivity index (χ2n) is 4.94. The first-order valence-corrected chi connectivity index (χ1v) is 6.28. The second kappa shape index (κ2) is 5.94. The van der Waals surface area contributed by atoms with Gasteiger partial charge in [-0.25, -0.2) is 0 Å². The first kappa shape index (κ1) is 13.1. The van der Waals surface area contributed by atoms with Gasteiger partial charge in [0.2, 0.25) is 0 Å². The van der Waals surface area contributed by atoms with Gasteiger partial charge in [-0.2, -0.15) is 0 Å². The molecule has 0 aromatic rings. The molecule has 0 aliphatic heterocycles. The molecule has 0 aromatic carbocycles. The Morgan fingerprint density at radius 3 is 2.50 bits per heavy atom. The fourth-order valence-corrected chi connectivity index (χ4v) is 1.91. The highest BCUT2D eigenvalue weighted by atomic mass is 16.6. The van der Waals surface area contributed by atoms with Crippen LogP contribution >= 0.6 is 0 Å². The minimum atomic E-state index is -0.634. The summed E-state index contributed by atoms with van der Waals surface area (Å²) in [4.78, 5) is 11.2. The molecule has 0 bridgehead atoms. The molecule has 16 heavy (non-hydrogen) atoms. The average molecular weight is 222 g/mol. The minimum absolute atomic E-state index is 0.178. The van der Waals surface area contributed by atoms with Gasteiger partial charge in [0.15, 0.2) is 5.60 Å². The van der Waals surface area contributed by atoms with E-state index in [1.807, 2.05) is 13.8 Å². The van der Waals surface area contributed by atoms with Crippen molar-refractivity contribution in [3.8, 4) is 11.8 Å². The third-order valence-electron chi connectivity index (χ3n) is 2.84. The fraction of sp³-hybridized carbons (Fsp3) is 0.786. The van der Waals surface area contributed by atoms with Crippen LogP contribution in [-0.2, 0) is 9.53 Å². The number of rotatable bonds is 2. The lowest BCUT2D eigenvalue weighted by Crippen LogP contribution is -2.26. The summed E-state index contributed by atoms with van der Waals surface area (Å²) >= 11 is 0. The zero-order valence-electron chi connectivity index (χ0n) is 10.6. The quantitative estimate of drug-likeness (QED) is 0.529. The van der Waals surface area contributed by atoms with E-state index in [-0.39, 0.29) is 5.97 Å². The van der Waals surface area contributed by atoms with E-state index in [1.165, 1.54) is 32.1 Å². The number of ether oxygens (including phenoxy) is 1. The first-order valence-electron chi connectivity index (χ1n) is 6.28. The summed E-state index contributed by atoms with van der Waals surface area (Å²) in [6.45, 7) is 5.51. The van der Waals surface area contributed by atoms with Crippen LogP contribution < -0.4 is 0 Å². The fourth-order valence-electron chi connectivity index (χ4n) is 1.91. The van der Waals surface area contributed by atoms with Crippen LogP contribution in [0.2, 0.25) is 0 Å². The third-order valence-corrected chi connectivity index (χ3v) is 2.84. The highest BCUT2D eigenvalue weighted by Crippen LogP contribution is 2.23. The van der Waals surface area contributed by atoms with Gasteiger partial charge in [0.05, 0.1) is 0 Å². The number of hydrogen-bond acceptors (Lipinski definition) is 2. The molecular formula is C14H22O2. The lowest BCUT2D eigenvalue weighted by Gasteiger charge is -2.20. The van der Waals surface area contributed by atoms with Crippen LogP contribution in [0.1, 0.15) is 59.3 Å². The van der Waals surface area contributed by atoms with E-state index < -0.39 is 5.60 Å². The average Bonchev–Trinajstić information content (AvgIpc) is 2.27. The topological polar surface area (TPSA) is 26.3 Å². The van der Waals surface area contributed by atoms with Crippen molar-refractivity contribution in [2.45, 2.75) is 64.9 Å². The Labute approximate surface area is 98.8 Å². The van der Waals surface area contributed by atoms with Crippen LogP contribution in [0.3, 0.4) is 0 Å². The largest absolute Gasteiger partial charge is 0.446 e. The van der Waals surface area contributed by atoms with Crippen LogP contribution in [0.25, 0.3) is 0 Å². The Hall–Kier alpha value is -0.970. The summed E-state index contributed by atoms with van der Waals surface area (Å²) in [6, 6.07) is 0. The van der Waals surface area contributed by atoms with E-state index in [0.717, 1.165) is 0 Å². The molecule has 0 unspecified atom stereocenters. The van der Waals surface area contributed by atoms with Crippen LogP contribution in [0, 0.1) is 17.8 Å². The zero-order valence-corrected chi connectivity index (χ0v) is 10.6. The standard InChI is InChI=1S/C14H22O2/c1-4-13(15)16-14(2,3)11-10-12-8-6-5-7-9-12/h12H,4-9H2,1-3H3. The molecule has 0 heterocycles. The molecule has 1 rings (SSSR count). The van der Waals surface area contributed by atoms with Crippen molar-refractivity contribution in [3.05, 3.63) is 0 Å². The molecule has 90 valence electrons. The van der Waals surface area contributed by atoms with Crippen molar-refractivity contribution in [2.24, 2.45) is 5.92 Å². The van der Waals surface area contributed by atoms with E-state index >= 15 is 0 Å². The van der Waals surface area contributed by atoms with E-state index in [1.54, 1.807) is 6.92 Å². The Kier molecular flexibility index (Phi) is 4.86. The predicted molar refractivity (Wildman–Crippen MR) is 64.8 cm³/mol. The lowest BCUT2D eigenvalue weighted by atomic mass is 9.89. The van der Waals surface area contributed by atoms with E-state index in [0.29, 0.717) is 12.3 Å². The molecule has 0 N–H and O–H groups in total. The van der Waals surface area contributed by atoms with Gasteiger partial charge >= 0.3 is 5.97 Å². The van der Waals surface area contributed by atoms with Crippen molar-refractivity contribution < 1.29 is 9.53 Å². The zero-order chi connectivity index (χ0) is 12.0. The number of esters is 1. The molecule has 0 radical (unpaired) electrons. The molecule has 0 saturated heterocycles. The van der Waals surface area contributed by atoms with Gasteiger partial charge in [-0.15, -0.1) is 0 Å².